The summed E-state index contributed by atoms with van der Waals surface area (Å²) in [6.45, 7) is 7.72. The summed E-state index contributed by atoms with van der Waals surface area (Å²) >= 11 is 19.2. The molecule has 0 saturated carbocycles. The maximum Gasteiger partial charge on any atom is 0.142 e. The van der Waals surface area contributed by atoms with Gasteiger partial charge < -0.3 is 39.7 Å². The van der Waals surface area contributed by atoms with E-state index in [2.05, 4.69) is 36.2 Å². The van der Waals surface area contributed by atoms with E-state index < -0.39 is 6.04 Å². The van der Waals surface area contributed by atoms with Gasteiger partial charge in [0.05, 0.1) is 37.0 Å². The van der Waals surface area contributed by atoms with Crippen molar-refractivity contribution in [3.05, 3.63) is 110 Å². The molecule has 268 valence electrons. The van der Waals surface area contributed by atoms with Crippen LogP contribution in [0, 0.1) is 13.8 Å². The van der Waals surface area contributed by atoms with E-state index in [1.807, 2.05) is 24.3 Å². The quantitative estimate of drug-likeness (QED) is 0.0833. The highest BCUT2D eigenvalue weighted by Gasteiger charge is 2.20. The predicted octanol–water partition coefficient (Wildman–Crippen LogP) is 7.37. The van der Waals surface area contributed by atoms with E-state index in [4.69, 9.17) is 49.0 Å². The minimum atomic E-state index is -0.494. The number of rotatable bonds is 17. The highest BCUT2D eigenvalue weighted by atomic mass is 35.5. The van der Waals surface area contributed by atoms with Crippen molar-refractivity contribution >= 4 is 34.8 Å². The molecule has 1 heterocycles. The van der Waals surface area contributed by atoms with Gasteiger partial charge in [-0.2, -0.15) is 0 Å². The Kier molecular flexibility index (Phi) is 14.1. The lowest BCUT2D eigenvalue weighted by atomic mass is 9.93. The van der Waals surface area contributed by atoms with Crippen LogP contribution in [0.5, 0.6) is 17.2 Å². The molecule has 1 saturated heterocycles. The van der Waals surface area contributed by atoms with Gasteiger partial charge >= 0.3 is 0 Å². The van der Waals surface area contributed by atoms with Crippen LogP contribution in [0.25, 0.3) is 11.1 Å². The first-order valence-electron chi connectivity index (χ1n) is 16.8. The molecule has 1 fully saturated rings. The highest BCUT2D eigenvalue weighted by molar-refractivity contribution is 6.34. The number of aliphatic hydroxyl groups excluding tert-OH is 3. The van der Waals surface area contributed by atoms with Gasteiger partial charge in [0, 0.05) is 47.9 Å². The molecule has 5 rings (SSSR count). The largest absolute Gasteiger partial charge is 0.493 e. The molecule has 0 aromatic heterocycles. The van der Waals surface area contributed by atoms with Crippen LogP contribution in [-0.4, -0.2) is 71.8 Å². The first-order valence-corrected chi connectivity index (χ1v) is 18.0. The Labute approximate surface area is 309 Å². The minimum absolute atomic E-state index is 0.198. The SMILES string of the molecule is Cc1c(COc2cc(OCc3cc(Cl)cc(Cl)c3)c(CNC(CO)CO)cc2Cl)cccc1-c1cccc(OCCCN2CC[C@@H](O)C2)c1C. The van der Waals surface area contributed by atoms with Crippen molar-refractivity contribution in [1.82, 2.24) is 10.2 Å². The second kappa shape index (κ2) is 18.4. The molecule has 1 aliphatic rings. The number of likely N-dealkylation sites (tertiary alicyclic amines) is 1. The van der Waals surface area contributed by atoms with Crippen LogP contribution in [0.15, 0.2) is 66.7 Å². The molecule has 0 bridgehead atoms. The maximum absolute atomic E-state index is 9.78. The Bertz CT molecular complexity index is 1710. The maximum atomic E-state index is 9.78. The van der Waals surface area contributed by atoms with Crippen molar-refractivity contribution in [2.24, 2.45) is 0 Å². The number of ether oxygens (including phenoxy) is 3. The number of nitrogens with one attached hydrogen (secondary N) is 1. The fourth-order valence-electron chi connectivity index (χ4n) is 6.09. The summed E-state index contributed by atoms with van der Waals surface area (Å²) in [5.74, 6) is 1.84. The topological polar surface area (TPSA) is 104 Å². The molecule has 1 atom stereocenters. The van der Waals surface area contributed by atoms with E-state index in [-0.39, 0.29) is 32.5 Å². The standard InChI is InChI=1S/C39H45Cl3N2O6/c1-25-28(6-3-7-34(25)35-8-4-9-37(26(35)2)48-13-5-11-44-12-10-33(47)20-44)24-50-39-18-38(49-23-27-14-30(40)17-31(41)15-27)29(16-36(39)42)19-43-32(21-45)22-46/h3-4,6-9,14-18,32-33,43,45-47H,5,10-13,19-24H2,1-2H3/t33-/m1/s1. The van der Waals surface area contributed by atoms with Gasteiger partial charge in [0.25, 0.3) is 0 Å². The van der Waals surface area contributed by atoms with Gasteiger partial charge in [-0.1, -0.05) is 65.1 Å². The highest BCUT2D eigenvalue weighted by Crippen LogP contribution is 2.36. The van der Waals surface area contributed by atoms with Crippen LogP contribution in [0.4, 0.5) is 0 Å². The summed E-state index contributed by atoms with van der Waals surface area (Å²) in [5.41, 5.74) is 6.89. The van der Waals surface area contributed by atoms with Gasteiger partial charge in [-0.05, 0) is 90.4 Å². The number of β-amino-alcohol motifs (C(OH)–C–C–N with tert-alkyl or cyclic N) is 1. The molecular formula is C39H45Cl3N2O6. The molecule has 0 aliphatic carbocycles. The lowest BCUT2D eigenvalue weighted by Gasteiger charge is -2.19. The minimum Gasteiger partial charge on any atom is -0.493 e. The zero-order valence-electron chi connectivity index (χ0n) is 28.4. The number of aliphatic hydroxyl groups is 3. The van der Waals surface area contributed by atoms with Gasteiger partial charge in [0.2, 0.25) is 0 Å². The molecule has 50 heavy (non-hydrogen) atoms. The number of nitrogens with zero attached hydrogens (tertiary/aromatic N) is 1. The van der Waals surface area contributed by atoms with Gasteiger partial charge in [-0.15, -0.1) is 0 Å². The zero-order chi connectivity index (χ0) is 35.6. The van der Waals surface area contributed by atoms with E-state index in [0.29, 0.717) is 39.7 Å². The molecule has 0 spiro atoms. The van der Waals surface area contributed by atoms with Crippen molar-refractivity contribution in [2.75, 3.05) is 39.5 Å². The second-order valence-electron chi connectivity index (χ2n) is 12.7. The summed E-state index contributed by atoms with van der Waals surface area (Å²) in [7, 11) is 0. The summed E-state index contributed by atoms with van der Waals surface area (Å²) in [4.78, 5) is 2.28. The number of hydrogen-bond donors (Lipinski definition) is 4. The molecule has 0 radical (unpaired) electrons. The number of benzene rings is 4. The predicted molar refractivity (Wildman–Crippen MR) is 200 cm³/mol. The molecule has 11 heteroatoms. The average molecular weight is 744 g/mol. The van der Waals surface area contributed by atoms with E-state index >= 15 is 0 Å². The van der Waals surface area contributed by atoms with Crippen LogP contribution >= 0.6 is 34.8 Å². The number of halogens is 3. The lowest BCUT2D eigenvalue weighted by molar-refractivity contribution is 0.169. The third-order valence-electron chi connectivity index (χ3n) is 8.98. The first-order chi connectivity index (χ1) is 24.1. The second-order valence-corrected chi connectivity index (χ2v) is 13.9. The molecule has 1 aliphatic heterocycles. The third kappa shape index (κ3) is 10.3. The van der Waals surface area contributed by atoms with Crippen LogP contribution in [0.3, 0.4) is 0 Å². The van der Waals surface area contributed by atoms with Gasteiger partial charge in [0.15, 0.2) is 0 Å². The van der Waals surface area contributed by atoms with Crippen LogP contribution in [-0.2, 0) is 19.8 Å². The van der Waals surface area contributed by atoms with Crippen molar-refractivity contribution in [1.29, 1.82) is 0 Å². The Morgan fingerprint density at radius 1 is 0.800 bits per heavy atom. The van der Waals surface area contributed by atoms with Gasteiger partial charge in [0.1, 0.15) is 30.5 Å². The fraction of sp³-hybridized carbons (Fsp3) is 0.385. The Balaban J connectivity index is 1.30. The summed E-state index contributed by atoms with van der Waals surface area (Å²) in [5, 5.41) is 33.4. The van der Waals surface area contributed by atoms with Crippen LogP contribution in [0.2, 0.25) is 15.1 Å². The fourth-order valence-corrected chi connectivity index (χ4v) is 6.90. The van der Waals surface area contributed by atoms with E-state index in [9.17, 15) is 15.3 Å². The Morgan fingerprint density at radius 3 is 2.20 bits per heavy atom. The Morgan fingerprint density at radius 2 is 1.50 bits per heavy atom. The van der Waals surface area contributed by atoms with Crippen molar-refractivity contribution in [3.8, 4) is 28.4 Å². The van der Waals surface area contributed by atoms with Crippen molar-refractivity contribution < 1.29 is 29.5 Å². The Hall–Kier alpha value is -3.05. The first kappa shape index (κ1) is 38.2. The van der Waals surface area contributed by atoms with E-state index in [0.717, 1.165) is 77.2 Å². The molecule has 4 N–H and O–H groups in total. The van der Waals surface area contributed by atoms with E-state index in [1.54, 1.807) is 30.3 Å². The van der Waals surface area contributed by atoms with Crippen molar-refractivity contribution in [3.63, 3.8) is 0 Å². The average Bonchev–Trinajstić information content (AvgIpc) is 3.51. The number of hydrogen-bond acceptors (Lipinski definition) is 8. The van der Waals surface area contributed by atoms with E-state index in [1.165, 1.54) is 0 Å². The zero-order valence-corrected chi connectivity index (χ0v) is 30.7. The summed E-state index contributed by atoms with van der Waals surface area (Å²) in [6.07, 6.45) is 1.54. The molecule has 8 nitrogen and oxygen atoms in total. The third-order valence-corrected chi connectivity index (χ3v) is 9.71. The van der Waals surface area contributed by atoms with Gasteiger partial charge in [-0.25, -0.2) is 0 Å². The van der Waals surface area contributed by atoms with Crippen LogP contribution in [0.1, 0.15) is 40.7 Å². The molecule has 0 amide bonds. The van der Waals surface area contributed by atoms with Crippen LogP contribution < -0.4 is 19.5 Å². The van der Waals surface area contributed by atoms with Gasteiger partial charge in [-0.3, -0.25) is 0 Å². The molecule has 4 aromatic rings. The monoisotopic (exact) mass is 742 g/mol. The smallest absolute Gasteiger partial charge is 0.142 e. The molecule has 4 aromatic carbocycles. The summed E-state index contributed by atoms with van der Waals surface area (Å²) < 4.78 is 18.8. The van der Waals surface area contributed by atoms with Crippen molar-refractivity contribution in [2.45, 2.75) is 58.6 Å². The normalized spacial score (nSPS) is 14.8. The molecular weight excluding hydrogens is 699 g/mol. The lowest BCUT2D eigenvalue weighted by Crippen LogP contribution is -2.35. The summed E-state index contributed by atoms with van der Waals surface area (Å²) in [6, 6.07) is 20.6. The molecule has 0 unspecified atom stereocenters.